The molecular weight excluding hydrogens is 276 g/mol. The summed E-state index contributed by atoms with van der Waals surface area (Å²) < 4.78 is 5.84. The standard InChI is InChI=1S/C18H20N2O2/c1-13-4-2-6-16(10-13)22-17-7-3-5-15(11-17)20-18(21)14-8-9-19-12-14/h2-7,10-11,14,19H,8-9,12H2,1H3,(H,20,21)/t14-/m1/s1. The van der Waals surface area contributed by atoms with Crippen LogP contribution in [-0.4, -0.2) is 19.0 Å². The highest BCUT2D eigenvalue weighted by Gasteiger charge is 2.22. The van der Waals surface area contributed by atoms with Crippen molar-refractivity contribution in [3.63, 3.8) is 0 Å². The van der Waals surface area contributed by atoms with Crippen LogP contribution in [0.15, 0.2) is 48.5 Å². The molecule has 1 aliphatic rings. The van der Waals surface area contributed by atoms with Gasteiger partial charge in [-0.25, -0.2) is 0 Å². The summed E-state index contributed by atoms with van der Waals surface area (Å²) in [6.45, 7) is 3.69. The molecule has 0 bridgehead atoms. The third-order valence-electron chi connectivity index (χ3n) is 3.76. The Kier molecular flexibility index (Phi) is 4.39. The van der Waals surface area contributed by atoms with Crippen molar-refractivity contribution in [2.75, 3.05) is 18.4 Å². The van der Waals surface area contributed by atoms with Gasteiger partial charge in [-0.3, -0.25) is 4.79 Å². The summed E-state index contributed by atoms with van der Waals surface area (Å²) in [6, 6.07) is 15.4. The van der Waals surface area contributed by atoms with E-state index in [9.17, 15) is 4.79 Å². The first-order valence-electron chi connectivity index (χ1n) is 7.57. The van der Waals surface area contributed by atoms with Crippen molar-refractivity contribution in [2.24, 2.45) is 5.92 Å². The molecule has 0 aliphatic carbocycles. The molecule has 0 spiro atoms. The fourth-order valence-electron chi connectivity index (χ4n) is 2.58. The van der Waals surface area contributed by atoms with E-state index in [1.54, 1.807) is 0 Å². The van der Waals surface area contributed by atoms with Crippen molar-refractivity contribution in [2.45, 2.75) is 13.3 Å². The molecule has 1 aliphatic heterocycles. The lowest BCUT2D eigenvalue weighted by Gasteiger charge is -2.11. The summed E-state index contributed by atoms with van der Waals surface area (Å²) in [6.07, 6.45) is 0.894. The number of nitrogens with one attached hydrogen (secondary N) is 2. The fraction of sp³-hybridized carbons (Fsp3) is 0.278. The highest BCUT2D eigenvalue weighted by molar-refractivity contribution is 5.93. The van der Waals surface area contributed by atoms with E-state index in [0.717, 1.165) is 36.5 Å². The summed E-state index contributed by atoms with van der Waals surface area (Å²) in [5.74, 6) is 1.63. The minimum atomic E-state index is 0.0568. The normalized spacial score (nSPS) is 17.2. The molecule has 2 N–H and O–H groups in total. The smallest absolute Gasteiger partial charge is 0.228 e. The first-order chi connectivity index (χ1) is 10.7. The summed E-state index contributed by atoms with van der Waals surface area (Å²) in [7, 11) is 0. The Morgan fingerprint density at radius 3 is 2.68 bits per heavy atom. The third-order valence-corrected chi connectivity index (χ3v) is 3.76. The highest BCUT2D eigenvalue weighted by atomic mass is 16.5. The largest absolute Gasteiger partial charge is 0.457 e. The van der Waals surface area contributed by atoms with Crippen molar-refractivity contribution in [3.8, 4) is 11.5 Å². The van der Waals surface area contributed by atoms with Gasteiger partial charge in [-0.2, -0.15) is 0 Å². The van der Waals surface area contributed by atoms with Crippen molar-refractivity contribution in [1.82, 2.24) is 5.32 Å². The van der Waals surface area contributed by atoms with Crippen LogP contribution < -0.4 is 15.4 Å². The molecule has 4 heteroatoms. The second-order valence-corrected chi connectivity index (χ2v) is 5.63. The first kappa shape index (κ1) is 14.6. The number of aryl methyl sites for hydroxylation is 1. The number of anilines is 1. The predicted molar refractivity (Wildman–Crippen MR) is 87.3 cm³/mol. The number of carbonyl (C=O) groups is 1. The van der Waals surface area contributed by atoms with Crippen LogP contribution in [0.25, 0.3) is 0 Å². The Morgan fingerprint density at radius 2 is 1.95 bits per heavy atom. The average molecular weight is 296 g/mol. The maximum Gasteiger partial charge on any atom is 0.228 e. The van der Waals surface area contributed by atoms with Gasteiger partial charge in [0.1, 0.15) is 11.5 Å². The maximum absolute atomic E-state index is 12.1. The molecule has 0 radical (unpaired) electrons. The predicted octanol–water partition coefficient (Wildman–Crippen LogP) is 3.34. The van der Waals surface area contributed by atoms with Crippen LogP contribution in [0.1, 0.15) is 12.0 Å². The second-order valence-electron chi connectivity index (χ2n) is 5.63. The molecule has 1 atom stereocenters. The van der Waals surface area contributed by atoms with Crippen molar-refractivity contribution >= 4 is 11.6 Å². The van der Waals surface area contributed by atoms with Crippen LogP contribution in [0.3, 0.4) is 0 Å². The molecule has 0 aromatic heterocycles. The zero-order valence-corrected chi connectivity index (χ0v) is 12.6. The van der Waals surface area contributed by atoms with Gasteiger partial charge in [0, 0.05) is 18.3 Å². The molecule has 1 saturated heterocycles. The lowest BCUT2D eigenvalue weighted by molar-refractivity contribution is -0.119. The average Bonchev–Trinajstić information content (AvgIpc) is 3.02. The van der Waals surface area contributed by atoms with E-state index in [4.69, 9.17) is 4.74 Å². The van der Waals surface area contributed by atoms with E-state index in [1.807, 2.05) is 55.5 Å². The van der Waals surface area contributed by atoms with Gasteiger partial charge in [0.15, 0.2) is 0 Å². The molecule has 3 rings (SSSR count). The van der Waals surface area contributed by atoms with Crippen molar-refractivity contribution in [3.05, 3.63) is 54.1 Å². The van der Waals surface area contributed by atoms with Crippen molar-refractivity contribution < 1.29 is 9.53 Å². The lowest BCUT2D eigenvalue weighted by atomic mass is 10.1. The SMILES string of the molecule is Cc1cccc(Oc2cccc(NC(=O)[C@@H]3CCNC3)c2)c1. The maximum atomic E-state index is 12.1. The Morgan fingerprint density at radius 1 is 1.18 bits per heavy atom. The van der Waals surface area contributed by atoms with E-state index in [-0.39, 0.29) is 11.8 Å². The molecule has 1 amide bonds. The quantitative estimate of drug-likeness (QED) is 0.910. The molecule has 0 unspecified atom stereocenters. The Labute approximate surface area is 130 Å². The number of carbonyl (C=O) groups excluding carboxylic acids is 1. The van der Waals surface area contributed by atoms with Crippen LogP contribution in [0.2, 0.25) is 0 Å². The van der Waals surface area contributed by atoms with Crippen LogP contribution in [0.5, 0.6) is 11.5 Å². The number of hydrogen-bond donors (Lipinski definition) is 2. The molecule has 2 aromatic carbocycles. The van der Waals surface area contributed by atoms with E-state index in [1.165, 1.54) is 0 Å². The minimum Gasteiger partial charge on any atom is -0.457 e. The van der Waals surface area contributed by atoms with Crippen molar-refractivity contribution in [1.29, 1.82) is 0 Å². The van der Waals surface area contributed by atoms with Gasteiger partial charge in [0.05, 0.1) is 5.92 Å². The highest BCUT2D eigenvalue weighted by Crippen LogP contribution is 2.25. The van der Waals surface area contributed by atoms with Gasteiger partial charge in [0.25, 0.3) is 0 Å². The molecule has 1 fully saturated rings. The van der Waals surface area contributed by atoms with Crippen LogP contribution in [0, 0.1) is 12.8 Å². The molecule has 22 heavy (non-hydrogen) atoms. The monoisotopic (exact) mass is 296 g/mol. The molecule has 2 aromatic rings. The Hall–Kier alpha value is -2.33. The first-order valence-corrected chi connectivity index (χ1v) is 7.57. The topological polar surface area (TPSA) is 50.4 Å². The summed E-state index contributed by atoms with van der Waals surface area (Å²) in [5, 5.41) is 6.17. The Bertz CT molecular complexity index is 664. The zero-order chi connectivity index (χ0) is 15.4. The number of hydrogen-bond acceptors (Lipinski definition) is 3. The molecule has 114 valence electrons. The fourth-order valence-corrected chi connectivity index (χ4v) is 2.58. The van der Waals surface area contributed by atoms with Gasteiger partial charge < -0.3 is 15.4 Å². The van der Waals surface area contributed by atoms with Crippen LogP contribution >= 0.6 is 0 Å². The lowest BCUT2D eigenvalue weighted by Crippen LogP contribution is -2.24. The van der Waals surface area contributed by atoms with E-state index in [0.29, 0.717) is 5.75 Å². The van der Waals surface area contributed by atoms with Gasteiger partial charge in [-0.15, -0.1) is 0 Å². The number of ether oxygens (including phenoxy) is 1. The molecule has 0 saturated carbocycles. The molecule has 1 heterocycles. The van der Waals surface area contributed by atoms with Gasteiger partial charge in [0.2, 0.25) is 5.91 Å². The Balaban J connectivity index is 1.68. The number of rotatable bonds is 4. The van der Waals surface area contributed by atoms with Crippen LogP contribution in [0.4, 0.5) is 5.69 Å². The van der Waals surface area contributed by atoms with E-state index < -0.39 is 0 Å². The number of amides is 1. The summed E-state index contributed by atoms with van der Waals surface area (Å²) >= 11 is 0. The minimum absolute atomic E-state index is 0.0568. The third kappa shape index (κ3) is 3.65. The molecule has 4 nitrogen and oxygen atoms in total. The number of benzene rings is 2. The summed E-state index contributed by atoms with van der Waals surface area (Å²) in [5.41, 5.74) is 1.91. The summed E-state index contributed by atoms with van der Waals surface area (Å²) in [4.78, 5) is 12.1. The van der Waals surface area contributed by atoms with Gasteiger partial charge in [-0.05, 0) is 49.7 Å². The second kappa shape index (κ2) is 6.62. The van der Waals surface area contributed by atoms with E-state index >= 15 is 0 Å². The van der Waals surface area contributed by atoms with E-state index in [2.05, 4.69) is 10.6 Å². The van der Waals surface area contributed by atoms with Crippen LogP contribution in [-0.2, 0) is 4.79 Å². The van der Waals surface area contributed by atoms with Gasteiger partial charge >= 0.3 is 0 Å². The van der Waals surface area contributed by atoms with Gasteiger partial charge in [-0.1, -0.05) is 18.2 Å². The molecular formula is C18H20N2O2. The zero-order valence-electron chi connectivity index (χ0n) is 12.6.